The van der Waals surface area contributed by atoms with Crippen molar-refractivity contribution in [2.75, 3.05) is 11.5 Å². The Bertz CT molecular complexity index is 1130. The molecule has 0 saturated heterocycles. The van der Waals surface area contributed by atoms with E-state index in [4.69, 9.17) is 10.5 Å². The molecule has 3 rings (SSSR count). The van der Waals surface area contributed by atoms with E-state index in [0.717, 1.165) is 23.1 Å². The van der Waals surface area contributed by atoms with E-state index in [0.29, 0.717) is 12.1 Å². The van der Waals surface area contributed by atoms with Crippen molar-refractivity contribution in [2.24, 2.45) is 5.73 Å². The van der Waals surface area contributed by atoms with Crippen molar-refractivity contribution in [1.82, 2.24) is 0 Å². The van der Waals surface area contributed by atoms with Crippen molar-refractivity contribution in [1.29, 1.82) is 0 Å². The second kappa shape index (κ2) is 9.73. The number of nitrogens with two attached hydrogens (primary N) is 1. The number of carbonyl (C=O) groups excluding carboxylic acids is 1. The van der Waals surface area contributed by atoms with Gasteiger partial charge in [0.25, 0.3) is 0 Å². The van der Waals surface area contributed by atoms with Gasteiger partial charge in [-0.1, -0.05) is 6.92 Å². The Kier molecular flexibility index (Phi) is 7.52. The van der Waals surface area contributed by atoms with E-state index >= 15 is 0 Å². The molecule has 37 heavy (non-hydrogen) atoms. The van der Waals surface area contributed by atoms with Gasteiger partial charge in [0.15, 0.2) is 0 Å². The van der Waals surface area contributed by atoms with Crippen LogP contribution in [0.3, 0.4) is 0 Å². The largest absolute Gasteiger partial charge is 0.449 e. The predicted molar refractivity (Wildman–Crippen MR) is 116 cm³/mol. The fourth-order valence-corrected chi connectivity index (χ4v) is 4.50. The van der Waals surface area contributed by atoms with Crippen LogP contribution in [-0.4, -0.2) is 18.4 Å². The van der Waals surface area contributed by atoms with Crippen molar-refractivity contribution in [2.45, 2.75) is 63.2 Å². The third-order valence-corrected chi connectivity index (χ3v) is 6.27. The van der Waals surface area contributed by atoms with Crippen molar-refractivity contribution in [3.8, 4) is 0 Å². The van der Waals surface area contributed by atoms with Crippen molar-refractivity contribution in [3.05, 3.63) is 64.2 Å². The Labute approximate surface area is 206 Å². The van der Waals surface area contributed by atoms with Gasteiger partial charge in [-0.3, -0.25) is 4.90 Å². The van der Waals surface area contributed by atoms with Crippen molar-refractivity contribution in [3.63, 3.8) is 0 Å². The minimum absolute atomic E-state index is 0.0260. The Morgan fingerprint density at radius 2 is 1.46 bits per heavy atom. The summed E-state index contributed by atoms with van der Waals surface area (Å²) < 4.78 is 126. The summed E-state index contributed by atoms with van der Waals surface area (Å²) in [5.41, 5.74) is 0.204. The normalized spacial score (nSPS) is 20.5. The zero-order chi connectivity index (χ0) is 28.0. The standard InChI is InChI=1S/C24H23F9N2O2/c1-3-21(34)12-14(7-13-8-16(23(28,29)30)10-17(9-13)24(31,32)33)18-11-15(22(25,26)27)5-6-19(18)35(21)20(36)37-4-2/h5-6,8-11,14H,3-4,7,12,34H2,1-2H3/t14-,21+/m0/s1. The first kappa shape index (κ1) is 28.6. The first-order valence-electron chi connectivity index (χ1n) is 11.2. The van der Waals surface area contributed by atoms with E-state index in [2.05, 4.69) is 0 Å². The number of hydrogen-bond acceptors (Lipinski definition) is 3. The third-order valence-electron chi connectivity index (χ3n) is 6.27. The van der Waals surface area contributed by atoms with Crippen LogP contribution in [-0.2, 0) is 29.7 Å². The van der Waals surface area contributed by atoms with Crippen molar-refractivity contribution < 1.29 is 49.0 Å². The number of rotatable bonds is 4. The van der Waals surface area contributed by atoms with Gasteiger partial charge in [-0.25, -0.2) is 4.79 Å². The molecule has 1 aliphatic heterocycles. The molecule has 0 radical (unpaired) electrons. The van der Waals surface area contributed by atoms with E-state index in [-0.39, 0.29) is 36.8 Å². The topological polar surface area (TPSA) is 55.6 Å². The van der Waals surface area contributed by atoms with Crippen LogP contribution in [0.25, 0.3) is 0 Å². The number of halogens is 9. The number of amides is 1. The lowest BCUT2D eigenvalue weighted by atomic mass is 9.77. The van der Waals surface area contributed by atoms with Gasteiger partial charge in [-0.2, -0.15) is 39.5 Å². The number of nitrogens with zero attached hydrogens (tertiary/aromatic N) is 1. The van der Waals surface area contributed by atoms with E-state index in [9.17, 15) is 44.3 Å². The number of hydrogen-bond donors (Lipinski definition) is 1. The lowest BCUT2D eigenvalue weighted by Crippen LogP contribution is -2.61. The predicted octanol–water partition coefficient (Wildman–Crippen LogP) is 7.50. The first-order valence-corrected chi connectivity index (χ1v) is 11.2. The summed E-state index contributed by atoms with van der Waals surface area (Å²) in [7, 11) is 0. The SMILES string of the molecule is CCOC(=O)N1c2ccc(C(F)(F)F)cc2[C@@H](Cc2cc(C(F)(F)F)cc(C(F)(F)F)c2)C[C@@]1(N)CC. The van der Waals surface area contributed by atoms with Crippen LogP contribution in [0.15, 0.2) is 36.4 Å². The molecule has 4 nitrogen and oxygen atoms in total. The third kappa shape index (κ3) is 5.97. The molecule has 0 fully saturated rings. The van der Waals surface area contributed by atoms with Crippen molar-refractivity contribution >= 4 is 11.8 Å². The van der Waals surface area contributed by atoms with E-state index in [1.807, 2.05) is 0 Å². The van der Waals surface area contributed by atoms with Crippen LogP contribution in [0.4, 0.5) is 50.0 Å². The maximum atomic E-state index is 13.5. The van der Waals surface area contributed by atoms with Gasteiger partial charge < -0.3 is 10.5 Å². The molecule has 0 bridgehead atoms. The van der Waals surface area contributed by atoms with E-state index in [1.54, 1.807) is 6.92 Å². The maximum Gasteiger partial charge on any atom is 0.416 e. The molecule has 2 aromatic carbocycles. The second-order valence-electron chi connectivity index (χ2n) is 8.78. The van der Waals surface area contributed by atoms with Crippen LogP contribution >= 0.6 is 0 Å². The molecule has 2 aromatic rings. The average Bonchev–Trinajstić information content (AvgIpc) is 2.77. The summed E-state index contributed by atoms with van der Waals surface area (Å²) >= 11 is 0. The summed E-state index contributed by atoms with van der Waals surface area (Å²) in [6, 6.07) is 3.50. The molecule has 0 unspecified atom stereocenters. The Balaban J connectivity index is 2.20. The highest BCUT2D eigenvalue weighted by molar-refractivity contribution is 5.91. The Hall–Kier alpha value is -2.96. The van der Waals surface area contributed by atoms with Gasteiger partial charge in [0, 0.05) is 0 Å². The molecule has 2 atom stereocenters. The highest BCUT2D eigenvalue weighted by Gasteiger charge is 2.46. The zero-order valence-electron chi connectivity index (χ0n) is 19.6. The van der Waals surface area contributed by atoms with Gasteiger partial charge in [-0.15, -0.1) is 0 Å². The zero-order valence-corrected chi connectivity index (χ0v) is 19.6. The van der Waals surface area contributed by atoms with Gasteiger partial charge in [0.2, 0.25) is 0 Å². The monoisotopic (exact) mass is 542 g/mol. The van der Waals surface area contributed by atoms with E-state index in [1.165, 1.54) is 6.92 Å². The van der Waals surface area contributed by atoms with Gasteiger partial charge >= 0.3 is 24.6 Å². The van der Waals surface area contributed by atoms with Gasteiger partial charge in [0.1, 0.15) is 0 Å². The molecule has 0 saturated carbocycles. The Morgan fingerprint density at radius 3 is 1.92 bits per heavy atom. The number of anilines is 1. The summed E-state index contributed by atoms with van der Waals surface area (Å²) in [5, 5.41) is 0. The minimum Gasteiger partial charge on any atom is -0.449 e. The van der Waals surface area contributed by atoms with Gasteiger partial charge in [-0.05, 0) is 79.6 Å². The lowest BCUT2D eigenvalue weighted by molar-refractivity contribution is -0.143. The number of benzene rings is 2. The molecule has 0 spiro atoms. The number of fused-ring (bicyclic) bond motifs is 1. The quantitative estimate of drug-likeness (QED) is 0.407. The number of ether oxygens (including phenoxy) is 1. The second-order valence-corrected chi connectivity index (χ2v) is 8.78. The van der Waals surface area contributed by atoms with Crippen LogP contribution in [0.1, 0.15) is 60.4 Å². The fraction of sp³-hybridized carbons (Fsp3) is 0.458. The lowest BCUT2D eigenvalue weighted by Gasteiger charge is -2.47. The molecular weight excluding hydrogens is 519 g/mol. The van der Waals surface area contributed by atoms with Crippen LogP contribution in [0, 0.1) is 0 Å². The number of alkyl halides is 9. The summed E-state index contributed by atoms with van der Waals surface area (Å²) in [5.74, 6) is -1.04. The van der Waals surface area contributed by atoms with E-state index < -0.39 is 64.9 Å². The average molecular weight is 542 g/mol. The highest BCUT2D eigenvalue weighted by atomic mass is 19.4. The minimum atomic E-state index is -5.09. The van der Waals surface area contributed by atoms with Crippen LogP contribution in [0.2, 0.25) is 0 Å². The molecular formula is C24H23F9N2O2. The van der Waals surface area contributed by atoms with Crippen LogP contribution < -0.4 is 10.6 Å². The molecule has 204 valence electrons. The smallest absolute Gasteiger partial charge is 0.416 e. The molecule has 13 heteroatoms. The molecule has 0 aliphatic carbocycles. The summed E-state index contributed by atoms with van der Waals surface area (Å²) in [6.07, 6.45) is -16.6. The van der Waals surface area contributed by atoms with Crippen LogP contribution in [0.5, 0.6) is 0 Å². The number of carbonyl (C=O) groups is 1. The molecule has 1 aliphatic rings. The molecule has 1 amide bonds. The maximum absolute atomic E-state index is 13.5. The molecule has 1 heterocycles. The van der Waals surface area contributed by atoms with Gasteiger partial charge in [0.05, 0.1) is 34.6 Å². The fourth-order valence-electron chi connectivity index (χ4n) is 4.50. The first-order chi connectivity index (χ1) is 16.9. The highest BCUT2D eigenvalue weighted by Crippen LogP contribution is 2.47. The summed E-state index contributed by atoms with van der Waals surface area (Å²) in [6.45, 7) is 3.03. The summed E-state index contributed by atoms with van der Waals surface area (Å²) in [4.78, 5) is 13.7. The molecule has 0 aromatic heterocycles. The molecule has 2 N–H and O–H groups in total. The Morgan fingerprint density at radius 1 is 0.919 bits per heavy atom.